The third-order valence-corrected chi connectivity index (χ3v) is 6.54. The number of thiocarbonyl (C=S) groups is 1. The lowest BCUT2D eigenvalue weighted by atomic mass is 9.87. The van der Waals surface area contributed by atoms with Crippen LogP contribution in [0, 0.1) is 0 Å². The Kier molecular flexibility index (Phi) is 8.42. The summed E-state index contributed by atoms with van der Waals surface area (Å²) in [6, 6.07) is 12.1. The summed E-state index contributed by atoms with van der Waals surface area (Å²) in [5.74, 6) is -1.37. The molecule has 190 valence electrons. The van der Waals surface area contributed by atoms with E-state index in [1.807, 2.05) is 12.1 Å². The summed E-state index contributed by atoms with van der Waals surface area (Å²) in [6.07, 6.45) is 0.566. The first-order valence-corrected chi connectivity index (χ1v) is 12.5. The van der Waals surface area contributed by atoms with Crippen molar-refractivity contribution >= 4 is 52.2 Å². The molecule has 10 heteroatoms. The van der Waals surface area contributed by atoms with Crippen LogP contribution in [-0.2, 0) is 15.0 Å². The van der Waals surface area contributed by atoms with Gasteiger partial charge in [-0.25, -0.2) is 4.79 Å². The Labute approximate surface area is 219 Å². The van der Waals surface area contributed by atoms with Crippen LogP contribution in [0.25, 0.3) is 6.08 Å². The molecule has 2 N–H and O–H groups in total. The maximum Gasteiger partial charge on any atom is 0.344 e. The molecular formula is C26H28N2O6S2. The number of nitrogens with zero attached hydrogens (tertiary/aromatic N) is 1. The van der Waals surface area contributed by atoms with Gasteiger partial charge in [0.15, 0.2) is 21.9 Å². The fourth-order valence-electron chi connectivity index (χ4n) is 3.22. The average Bonchev–Trinajstić information content (AvgIpc) is 3.07. The lowest BCUT2D eigenvalue weighted by Crippen LogP contribution is -2.44. The first-order chi connectivity index (χ1) is 16.9. The fraction of sp³-hybridized carbons (Fsp3) is 0.308. The Morgan fingerprint density at radius 3 is 2.42 bits per heavy atom. The minimum absolute atomic E-state index is 0.0430. The van der Waals surface area contributed by atoms with Crippen LogP contribution in [0.4, 0.5) is 0 Å². The zero-order valence-corrected chi connectivity index (χ0v) is 22.3. The van der Waals surface area contributed by atoms with Crippen molar-refractivity contribution in [2.24, 2.45) is 0 Å². The molecule has 1 aliphatic heterocycles. The molecule has 0 bridgehead atoms. The largest absolute Gasteiger partial charge is 0.490 e. The third-order valence-electron chi connectivity index (χ3n) is 5.24. The molecule has 3 rings (SSSR count). The molecule has 2 amide bonds. The van der Waals surface area contributed by atoms with Gasteiger partial charge >= 0.3 is 5.97 Å². The van der Waals surface area contributed by atoms with E-state index >= 15 is 0 Å². The number of aliphatic carboxylic acids is 1. The number of carbonyl (C=O) groups excluding carboxylic acids is 2. The highest BCUT2D eigenvalue weighted by atomic mass is 32.2. The van der Waals surface area contributed by atoms with Gasteiger partial charge in [-0.15, -0.1) is 0 Å². The highest BCUT2D eigenvalue weighted by Crippen LogP contribution is 2.34. The highest BCUT2D eigenvalue weighted by molar-refractivity contribution is 8.26. The standard InChI is InChI=1S/C26H28N2O6S2/c1-6-33-20-13-16(7-12-19(20)34-15(2)24(31)32)14-21-23(30)28(25(35)36-21)27-22(29)17-8-10-18(11-9-17)26(3,4)5/h7-15H,6H2,1-5H3,(H,27,29)(H,31,32)/b21-14+. The van der Waals surface area contributed by atoms with Gasteiger partial charge in [-0.05, 0) is 72.9 Å². The molecule has 1 atom stereocenters. The molecule has 2 aromatic carbocycles. The molecule has 36 heavy (non-hydrogen) atoms. The summed E-state index contributed by atoms with van der Waals surface area (Å²) in [6.45, 7) is 9.81. The van der Waals surface area contributed by atoms with Gasteiger partial charge in [-0.1, -0.05) is 50.7 Å². The van der Waals surface area contributed by atoms with Crippen LogP contribution in [0.3, 0.4) is 0 Å². The van der Waals surface area contributed by atoms with E-state index in [4.69, 9.17) is 26.8 Å². The van der Waals surface area contributed by atoms with E-state index in [0.717, 1.165) is 22.3 Å². The Bertz CT molecular complexity index is 1220. The molecule has 1 heterocycles. The Morgan fingerprint density at radius 2 is 1.83 bits per heavy atom. The fourth-order valence-corrected chi connectivity index (χ4v) is 4.40. The first kappa shape index (κ1) is 27.2. The molecule has 1 fully saturated rings. The molecule has 0 aliphatic carbocycles. The van der Waals surface area contributed by atoms with E-state index < -0.39 is 23.9 Å². The molecule has 0 spiro atoms. The van der Waals surface area contributed by atoms with Crippen LogP contribution in [0.5, 0.6) is 11.5 Å². The Balaban J connectivity index is 1.76. The summed E-state index contributed by atoms with van der Waals surface area (Å²) >= 11 is 6.38. The van der Waals surface area contributed by atoms with Crippen LogP contribution < -0.4 is 14.9 Å². The SMILES string of the molecule is CCOc1cc(/C=C2/SC(=S)N(NC(=O)c3ccc(C(C)(C)C)cc3)C2=O)ccc1OC(C)C(=O)O. The quantitative estimate of drug-likeness (QED) is 0.373. The number of nitrogens with one attached hydrogen (secondary N) is 1. The van der Waals surface area contributed by atoms with Crippen molar-refractivity contribution in [3.63, 3.8) is 0 Å². The molecule has 1 aliphatic rings. The Hall–Kier alpha value is -3.37. The topological polar surface area (TPSA) is 105 Å². The van der Waals surface area contributed by atoms with Crippen molar-refractivity contribution in [3.8, 4) is 11.5 Å². The van der Waals surface area contributed by atoms with Gasteiger partial charge < -0.3 is 14.6 Å². The van der Waals surface area contributed by atoms with Gasteiger partial charge in [0.1, 0.15) is 0 Å². The van der Waals surface area contributed by atoms with Gasteiger partial charge in [0.2, 0.25) is 0 Å². The average molecular weight is 529 g/mol. The van der Waals surface area contributed by atoms with Crippen molar-refractivity contribution < 1.29 is 29.0 Å². The first-order valence-electron chi connectivity index (χ1n) is 11.3. The van der Waals surface area contributed by atoms with Crippen LogP contribution >= 0.6 is 24.0 Å². The molecule has 8 nitrogen and oxygen atoms in total. The molecule has 0 saturated carbocycles. The maximum absolute atomic E-state index is 13.0. The van der Waals surface area contributed by atoms with E-state index in [1.165, 1.54) is 6.92 Å². The monoisotopic (exact) mass is 528 g/mol. The van der Waals surface area contributed by atoms with Gasteiger partial charge in [-0.2, -0.15) is 5.01 Å². The smallest absolute Gasteiger partial charge is 0.344 e. The molecule has 1 unspecified atom stereocenters. The Morgan fingerprint density at radius 1 is 1.17 bits per heavy atom. The maximum atomic E-state index is 13.0. The number of thioether (sulfide) groups is 1. The van der Waals surface area contributed by atoms with Crippen molar-refractivity contribution in [2.75, 3.05) is 6.61 Å². The minimum atomic E-state index is -1.10. The van der Waals surface area contributed by atoms with Crippen molar-refractivity contribution in [2.45, 2.75) is 46.1 Å². The molecule has 2 aromatic rings. The lowest BCUT2D eigenvalue weighted by Gasteiger charge is -2.19. The van der Waals surface area contributed by atoms with E-state index in [9.17, 15) is 14.4 Å². The van der Waals surface area contributed by atoms with E-state index in [2.05, 4.69) is 26.2 Å². The number of carboxylic acid groups (broad SMARTS) is 1. The lowest BCUT2D eigenvalue weighted by molar-refractivity contribution is -0.144. The third kappa shape index (κ3) is 6.44. The van der Waals surface area contributed by atoms with E-state index in [1.54, 1.807) is 43.3 Å². The second kappa shape index (κ2) is 11.1. The summed E-state index contributed by atoms with van der Waals surface area (Å²) in [4.78, 5) is 37.2. The van der Waals surface area contributed by atoms with Crippen molar-refractivity contribution in [1.82, 2.24) is 10.4 Å². The van der Waals surface area contributed by atoms with Crippen LogP contribution in [0.2, 0.25) is 0 Å². The van der Waals surface area contributed by atoms with Crippen molar-refractivity contribution in [3.05, 3.63) is 64.1 Å². The van der Waals surface area contributed by atoms with Crippen LogP contribution in [0.1, 0.15) is 56.1 Å². The zero-order valence-electron chi connectivity index (χ0n) is 20.7. The molecule has 0 radical (unpaired) electrons. The van der Waals surface area contributed by atoms with Gasteiger partial charge in [0, 0.05) is 5.56 Å². The number of carboxylic acids is 1. The van der Waals surface area contributed by atoms with E-state index in [-0.39, 0.29) is 15.5 Å². The van der Waals surface area contributed by atoms with Crippen molar-refractivity contribution in [1.29, 1.82) is 0 Å². The zero-order chi connectivity index (χ0) is 26.6. The number of hydrogen-bond donors (Lipinski definition) is 2. The minimum Gasteiger partial charge on any atom is -0.490 e. The van der Waals surface area contributed by atoms with Crippen LogP contribution in [-0.4, -0.2) is 44.9 Å². The number of hydrazine groups is 1. The molecule has 0 aromatic heterocycles. The predicted octanol–water partition coefficient (Wildman–Crippen LogP) is 4.78. The molecule has 1 saturated heterocycles. The number of carbonyl (C=O) groups is 3. The number of hydrogen-bond acceptors (Lipinski definition) is 7. The molecular weight excluding hydrogens is 500 g/mol. The highest BCUT2D eigenvalue weighted by Gasteiger charge is 2.34. The van der Waals surface area contributed by atoms with E-state index in [0.29, 0.717) is 28.4 Å². The predicted molar refractivity (Wildman–Crippen MR) is 143 cm³/mol. The number of benzene rings is 2. The summed E-state index contributed by atoms with van der Waals surface area (Å²) in [5.41, 5.74) is 4.67. The second-order valence-electron chi connectivity index (χ2n) is 9.02. The summed E-state index contributed by atoms with van der Waals surface area (Å²) in [7, 11) is 0. The summed E-state index contributed by atoms with van der Waals surface area (Å²) in [5, 5.41) is 10.2. The number of ether oxygens (including phenoxy) is 2. The van der Waals surface area contributed by atoms with Gasteiger partial charge in [0.05, 0.1) is 11.5 Å². The van der Waals surface area contributed by atoms with Gasteiger partial charge in [0.25, 0.3) is 11.8 Å². The van der Waals surface area contributed by atoms with Gasteiger partial charge in [-0.3, -0.25) is 15.0 Å². The second-order valence-corrected chi connectivity index (χ2v) is 10.7. The van der Waals surface area contributed by atoms with Crippen LogP contribution in [0.15, 0.2) is 47.4 Å². The summed E-state index contributed by atoms with van der Waals surface area (Å²) < 4.78 is 11.2. The number of rotatable bonds is 8. The normalized spacial score (nSPS) is 15.7. The number of amides is 2.